The first-order valence-corrected chi connectivity index (χ1v) is 4.26. The molecule has 0 atom stereocenters. The van der Waals surface area contributed by atoms with Crippen molar-refractivity contribution in [3.8, 4) is 5.75 Å². The molecule has 15 heavy (non-hydrogen) atoms. The third kappa shape index (κ3) is 4.21. The van der Waals surface area contributed by atoms with Gasteiger partial charge in [0.25, 0.3) is 0 Å². The number of carboxylic acids is 1. The summed E-state index contributed by atoms with van der Waals surface area (Å²) in [7, 11) is 0. The minimum absolute atomic E-state index is 0.0744. The van der Waals surface area contributed by atoms with Crippen LogP contribution in [0.3, 0.4) is 0 Å². The van der Waals surface area contributed by atoms with Crippen LogP contribution in [0.4, 0.5) is 4.39 Å². The van der Waals surface area contributed by atoms with E-state index >= 15 is 0 Å². The lowest BCUT2D eigenvalue weighted by molar-refractivity contribution is -0.142. The molecule has 1 N–H and O–H groups in total. The second-order valence-corrected chi connectivity index (χ2v) is 2.83. The van der Waals surface area contributed by atoms with E-state index in [0.29, 0.717) is 0 Å². The Kier molecular flexibility index (Phi) is 3.79. The van der Waals surface area contributed by atoms with Gasteiger partial charge in [-0.05, 0) is 12.1 Å². The van der Waals surface area contributed by atoms with Crippen molar-refractivity contribution in [3.63, 3.8) is 0 Å². The Bertz CT molecular complexity index is 375. The molecule has 1 aromatic carbocycles. The number of ether oxygens (including phenoxy) is 1. The molecule has 5 heteroatoms. The van der Waals surface area contributed by atoms with Crippen LogP contribution in [-0.4, -0.2) is 17.0 Å². The highest BCUT2D eigenvalue weighted by Gasteiger charge is 2.07. The van der Waals surface area contributed by atoms with Crippen LogP contribution in [0.2, 0.25) is 0 Å². The Morgan fingerprint density at radius 3 is 2.67 bits per heavy atom. The monoisotopic (exact) mass is 212 g/mol. The maximum atomic E-state index is 12.6. The van der Waals surface area contributed by atoms with Gasteiger partial charge in [0.1, 0.15) is 11.6 Å². The van der Waals surface area contributed by atoms with Crippen molar-refractivity contribution in [2.75, 3.05) is 0 Å². The van der Waals surface area contributed by atoms with Crippen LogP contribution in [0.15, 0.2) is 24.3 Å². The summed E-state index contributed by atoms with van der Waals surface area (Å²) >= 11 is 0. The molecule has 0 bridgehead atoms. The van der Waals surface area contributed by atoms with Gasteiger partial charge in [-0.2, -0.15) is 0 Å². The zero-order valence-electron chi connectivity index (χ0n) is 7.77. The molecule has 0 aliphatic heterocycles. The lowest BCUT2D eigenvalue weighted by Crippen LogP contribution is -2.10. The van der Waals surface area contributed by atoms with Gasteiger partial charge >= 0.3 is 11.9 Å². The first kappa shape index (κ1) is 11.2. The molecule has 0 aliphatic rings. The molecule has 80 valence electrons. The number of hydrogen-bond donors (Lipinski definition) is 1. The van der Waals surface area contributed by atoms with E-state index in [9.17, 15) is 14.0 Å². The Morgan fingerprint density at radius 2 is 2.07 bits per heavy atom. The van der Waals surface area contributed by atoms with Crippen LogP contribution in [-0.2, 0) is 9.59 Å². The fraction of sp³-hybridized carbons (Fsp3) is 0.200. The summed E-state index contributed by atoms with van der Waals surface area (Å²) in [5, 5.41) is 8.30. The van der Waals surface area contributed by atoms with Gasteiger partial charge in [-0.25, -0.2) is 4.39 Å². The Morgan fingerprint density at radius 1 is 1.33 bits per heavy atom. The van der Waals surface area contributed by atoms with Crippen LogP contribution in [0.25, 0.3) is 0 Å². The number of carbonyl (C=O) groups is 2. The largest absolute Gasteiger partial charge is 0.481 e. The van der Waals surface area contributed by atoms with Gasteiger partial charge in [-0.15, -0.1) is 0 Å². The van der Waals surface area contributed by atoms with Gasteiger partial charge < -0.3 is 9.84 Å². The topological polar surface area (TPSA) is 63.6 Å². The first-order valence-electron chi connectivity index (χ1n) is 4.26. The molecule has 0 aromatic heterocycles. The molecule has 0 unspecified atom stereocenters. The molecule has 0 aliphatic carbocycles. The van der Waals surface area contributed by atoms with E-state index in [1.165, 1.54) is 18.2 Å². The van der Waals surface area contributed by atoms with Crippen molar-refractivity contribution in [2.45, 2.75) is 12.8 Å². The number of halogens is 1. The van der Waals surface area contributed by atoms with Crippen molar-refractivity contribution < 1.29 is 23.8 Å². The van der Waals surface area contributed by atoms with Gasteiger partial charge in [0.15, 0.2) is 0 Å². The molecule has 1 rings (SSSR count). The zero-order chi connectivity index (χ0) is 11.3. The lowest BCUT2D eigenvalue weighted by Gasteiger charge is -2.02. The van der Waals surface area contributed by atoms with E-state index in [-0.39, 0.29) is 18.6 Å². The summed E-state index contributed by atoms with van der Waals surface area (Å²) in [6.45, 7) is 0. The van der Waals surface area contributed by atoms with Crippen LogP contribution in [0.5, 0.6) is 5.75 Å². The Balaban J connectivity index is 2.48. The average molecular weight is 212 g/mol. The van der Waals surface area contributed by atoms with Crippen molar-refractivity contribution in [3.05, 3.63) is 30.1 Å². The first-order chi connectivity index (χ1) is 7.08. The zero-order valence-corrected chi connectivity index (χ0v) is 7.77. The predicted octanol–water partition coefficient (Wildman–Crippen LogP) is 1.60. The van der Waals surface area contributed by atoms with Crippen molar-refractivity contribution in [1.29, 1.82) is 0 Å². The number of rotatable bonds is 4. The highest BCUT2D eigenvalue weighted by molar-refractivity contribution is 5.78. The molecule has 0 saturated carbocycles. The number of benzene rings is 1. The summed E-state index contributed by atoms with van der Waals surface area (Å²) in [5.74, 6) is -2.21. The average Bonchev–Trinajstić information content (AvgIpc) is 2.15. The van der Waals surface area contributed by atoms with Gasteiger partial charge in [0, 0.05) is 6.07 Å². The quantitative estimate of drug-likeness (QED) is 0.608. The van der Waals surface area contributed by atoms with E-state index in [4.69, 9.17) is 9.84 Å². The van der Waals surface area contributed by atoms with Crippen molar-refractivity contribution in [2.24, 2.45) is 0 Å². The minimum atomic E-state index is -1.08. The molecule has 4 nitrogen and oxygen atoms in total. The normalized spacial score (nSPS) is 9.67. The third-order valence-corrected chi connectivity index (χ3v) is 1.57. The summed E-state index contributed by atoms with van der Waals surface area (Å²) < 4.78 is 17.3. The number of esters is 1. The highest BCUT2D eigenvalue weighted by atomic mass is 19.1. The van der Waals surface area contributed by atoms with Gasteiger partial charge in [0.2, 0.25) is 0 Å². The maximum absolute atomic E-state index is 12.6. The van der Waals surface area contributed by atoms with Crippen LogP contribution in [0, 0.1) is 5.82 Å². The Labute approximate surface area is 85.3 Å². The fourth-order valence-electron chi connectivity index (χ4n) is 0.922. The minimum Gasteiger partial charge on any atom is -0.481 e. The van der Waals surface area contributed by atoms with Crippen LogP contribution in [0.1, 0.15) is 12.8 Å². The number of aliphatic carboxylic acids is 1. The molecule has 0 radical (unpaired) electrons. The number of carboxylic acid groups (broad SMARTS) is 1. The van der Waals surface area contributed by atoms with Gasteiger partial charge in [-0.3, -0.25) is 9.59 Å². The predicted molar refractivity (Wildman–Crippen MR) is 48.9 cm³/mol. The standard InChI is InChI=1S/C10H9FO4/c11-7-2-1-3-8(6-7)15-10(14)5-4-9(12)13/h1-3,6H,4-5H2,(H,12,13). The van der Waals surface area contributed by atoms with E-state index in [1.54, 1.807) is 0 Å². The molecule has 0 heterocycles. The van der Waals surface area contributed by atoms with E-state index < -0.39 is 17.8 Å². The van der Waals surface area contributed by atoms with Crippen LogP contribution < -0.4 is 4.74 Å². The third-order valence-electron chi connectivity index (χ3n) is 1.57. The van der Waals surface area contributed by atoms with E-state index in [0.717, 1.165) is 6.07 Å². The summed E-state index contributed by atoms with van der Waals surface area (Å²) in [4.78, 5) is 21.2. The molecule has 0 spiro atoms. The Hall–Kier alpha value is -1.91. The smallest absolute Gasteiger partial charge is 0.311 e. The van der Waals surface area contributed by atoms with Crippen molar-refractivity contribution in [1.82, 2.24) is 0 Å². The van der Waals surface area contributed by atoms with Gasteiger partial charge in [-0.1, -0.05) is 6.07 Å². The number of hydrogen-bond acceptors (Lipinski definition) is 3. The summed E-state index contributed by atoms with van der Waals surface area (Å²) in [6, 6.07) is 5.09. The lowest BCUT2D eigenvalue weighted by atomic mass is 10.3. The second kappa shape index (κ2) is 5.09. The molecule has 0 amide bonds. The van der Waals surface area contributed by atoms with Crippen molar-refractivity contribution >= 4 is 11.9 Å². The number of carbonyl (C=O) groups excluding carboxylic acids is 1. The molecular formula is C10H9FO4. The molecule has 0 saturated heterocycles. The van der Waals surface area contributed by atoms with Gasteiger partial charge in [0.05, 0.1) is 12.8 Å². The summed E-state index contributed by atoms with van der Waals surface area (Å²) in [5.41, 5.74) is 0. The molecular weight excluding hydrogens is 203 g/mol. The summed E-state index contributed by atoms with van der Waals surface area (Å²) in [6.07, 6.45) is -0.528. The second-order valence-electron chi connectivity index (χ2n) is 2.83. The molecule has 0 fully saturated rings. The molecule has 1 aromatic rings. The fourth-order valence-corrected chi connectivity index (χ4v) is 0.922. The van der Waals surface area contributed by atoms with E-state index in [1.807, 2.05) is 0 Å². The SMILES string of the molecule is O=C(O)CCC(=O)Oc1cccc(F)c1. The maximum Gasteiger partial charge on any atom is 0.311 e. The van der Waals surface area contributed by atoms with Crippen LogP contribution >= 0.6 is 0 Å². The van der Waals surface area contributed by atoms with E-state index in [2.05, 4.69) is 0 Å². The highest BCUT2D eigenvalue weighted by Crippen LogP contribution is 2.12.